The van der Waals surface area contributed by atoms with Crippen molar-refractivity contribution in [3.8, 4) is 0 Å². The fourth-order valence-electron chi connectivity index (χ4n) is 2.41. The normalized spacial score (nSPS) is 12.4. The standard InChI is InChI=1S/C17H19ClFN/c1-11-5-4-6-15(17(11)18)16(20-3)10-13-7-8-14(19)9-12(13)2/h4-9,16,20H,10H2,1-3H3. The van der Waals surface area contributed by atoms with E-state index in [2.05, 4.69) is 5.32 Å². The fraction of sp³-hybridized carbons (Fsp3) is 0.294. The van der Waals surface area contributed by atoms with Crippen LogP contribution in [0.15, 0.2) is 36.4 Å². The Morgan fingerprint density at radius 1 is 1.15 bits per heavy atom. The largest absolute Gasteiger partial charge is 0.313 e. The second-order valence-electron chi connectivity index (χ2n) is 5.09. The maximum absolute atomic E-state index is 13.2. The minimum atomic E-state index is -0.194. The highest BCUT2D eigenvalue weighted by Crippen LogP contribution is 2.29. The van der Waals surface area contributed by atoms with Gasteiger partial charge in [-0.05, 0) is 61.7 Å². The van der Waals surface area contributed by atoms with Crippen LogP contribution in [0.1, 0.15) is 28.3 Å². The van der Waals surface area contributed by atoms with E-state index < -0.39 is 0 Å². The molecule has 106 valence electrons. The molecule has 0 aliphatic carbocycles. The molecule has 1 N–H and O–H groups in total. The number of hydrogen-bond donors (Lipinski definition) is 1. The molecule has 0 amide bonds. The van der Waals surface area contributed by atoms with Crippen LogP contribution in [0.25, 0.3) is 0 Å². The first kappa shape index (κ1) is 15.0. The molecule has 0 spiro atoms. The molecule has 0 bridgehead atoms. The molecule has 0 saturated carbocycles. The Morgan fingerprint density at radius 3 is 2.55 bits per heavy atom. The minimum Gasteiger partial charge on any atom is -0.313 e. The first-order valence-corrected chi connectivity index (χ1v) is 7.08. The first-order valence-electron chi connectivity index (χ1n) is 6.70. The first-order chi connectivity index (χ1) is 9.52. The van der Waals surface area contributed by atoms with E-state index >= 15 is 0 Å². The van der Waals surface area contributed by atoms with Gasteiger partial charge in [0.25, 0.3) is 0 Å². The van der Waals surface area contributed by atoms with E-state index in [4.69, 9.17) is 11.6 Å². The van der Waals surface area contributed by atoms with Crippen LogP contribution < -0.4 is 5.32 Å². The molecule has 0 aromatic heterocycles. The number of rotatable bonds is 4. The lowest BCUT2D eigenvalue weighted by molar-refractivity contribution is 0.586. The average molecular weight is 292 g/mol. The summed E-state index contributed by atoms with van der Waals surface area (Å²) in [6.45, 7) is 3.94. The van der Waals surface area contributed by atoms with Gasteiger partial charge in [-0.1, -0.05) is 35.9 Å². The Hall–Kier alpha value is -1.38. The topological polar surface area (TPSA) is 12.0 Å². The molecule has 0 aliphatic rings. The van der Waals surface area contributed by atoms with Crippen LogP contribution in [-0.2, 0) is 6.42 Å². The molecule has 2 rings (SSSR count). The van der Waals surface area contributed by atoms with Crippen LogP contribution in [0.4, 0.5) is 4.39 Å². The van der Waals surface area contributed by atoms with Gasteiger partial charge in [-0.15, -0.1) is 0 Å². The third kappa shape index (κ3) is 3.20. The van der Waals surface area contributed by atoms with Gasteiger partial charge in [0.2, 0.25) is 0 Å². The Bertz CT molecular complexity index is 610. The van der Waals surface area contributed by atoms with Gasteiger partial charge in [0.1, 0.15) is 5.82 Å². The molecule has 3 heteroatoms. The molecule has 2 aromatic carbocycles. The van der Waals surface area contributed by atoms with E-state index in [0.29, 0.717) is 0 Å². The van der Waals surface area contributed by atoms with Gasteiger partial charge in [-0.25, -0.2) is 4.39 Å². The monoisotopic (exact) mass is 291 g/mol. The molecule has 0 aliphatic heterocycles. The van der Waals surface area contributed by atoms with Crippen LogP contribution >= 0.6 is 11.6 Å². The summed E-state index contributed by atoms with van der Waals surface area (Å²) in [6.07, 6.45) is 0.784. The number of benzene rings is 2. The number of nitrogens with one attached hydrogen (secondary N) is 1. The van der Waals surface area contributed by atoms with Crippen LogP contribution in [0.3, 0.4) is 0 Å². The maximum atomic E-state index is 13.2. The molecular formula is C17H19ClFN. The summed E-state index contributed by atoms with van der Waals surface area (Å²) in [7, 11) is 1.92. The lowest BCUT2D eigenvalue weighted by Gasteiger charge is -2.20. The van der Waals surface area contributed by atoms with E-state index in [1.807, 2.05) is 45.2 Å². The Kier molecular flexibility index (Phi) is 4.79. The third-order valence-electron chi connectivity index (χ3n) is 3.67. The van der Waals surface area contributed by atoms with Gasteiger partial charge in [-0.2, -0.15) is 0 Å². The third-order valence-corrected chi connectivity index (χ3v) is 4.19. The minimum absolute atomic E-state index is 0.117. The summed E-state index contributed by atoms with van der Waals surface area (Å²) in [4.78, 5) is 0. The number of aryl methyl sites for hydroxylation is 2. The van der Waals surface area contributed by atoms with Crippen molar-refractivity contribution in [1.29, 1.82) is 0 Å². The summed E-state index contributed by atoms with van der Waals surface area (Å²) in [5.74, 6) is -0.194. The molecule has 1 unspecified atom stereocenters. The zero-order valence-corrected chi connectivity index (χ0v) is 12.8. The predicted molar refractivity (Wildman–Crippen MR) is 82.8 cm³/mol. The molecule has 1 nitrogen and oxygen atoms in total. The van der Waals surface area contributed by atoms with Crippen molar-refractivity contribution in [3.63, 3.8) is 0 Å². The fourth-order valence-corrected chi connectivity index (χ4v) is 2.67. The smallest absolute Gasteiger partial charge is 0.123 e. The Morgan fingerprint density at radius 2 is 1.90 bits per heavy atom. The van der Waals surface area contributed by atoms with Crippen molar-refractivity contribution < 1.29 is 4.39 Å². The second kappa shape index (κ2) is 6.38. The molecule has 2 aromatic rings. The highest BCUT2D eigenvalue weighted by atomic mass is 35.5. The number of hydrogen-bond acceptors (Lipinski definition) is 1. The maximum Gasteiger partial charge on any atom is 0.123 e. The van der Waals surface area contributed by atoms with Crippen molar-refractivity contribution >= 4 is 11.6 Å². The van der Waals surface area contributed by atoms with Gasteiger partial charge in [0, 0.05) is 11.1 Å². The Balaban J connectivity index is 2.31. The molecule has 0 fully saturated rings. The van der Waals surface area contributed by atoms with E-state index in [1.165, 1.54) is 6.07 Å². The van der Waals surface area contributed by atoms with Crippen molar-refractivity contribution in [2.45, 2.75) is 26.3 Å². The van der Waals surface area contributed by atoms with Crippen molar-refractivity contribution in [2.24, 2.45) is 0 Å². The van der Waals surface area contributed by atoms with Crippen LogP contribution in [0.2, 0.25) is 5.02 Å². The second-order valence-corrected chi connectivity index (χ2v) is 5.47. The summed E-state index contributed by atoms with van der Waals surface area (Å²) in [5.41, 5.74) is 4.25. The highest BCUT2D eigenvalue weighted by Gasteiger charge is 2.15. The van der Waals surface area contributed by atoms with Crippen molar-refractivity contribution in [3.05, 3.63) is 69.5 Å². The lowest BCUT2D eigenvalue weighted by Crippen LogP contribution is -2.20. The zero-order chi connectivity index (χ0) is 14.7. The predicted octanol–water partition coefficient (Wildman–Crippen LogP) is 4.60. The summed E-state index contributed by atoms with van der Waals surface area (Å²) < 4.78 is 13.2. The van der Waals surface area contributed by atoms with Crippen LogP contribution in [0, 0.1) is 19.7 Å². The summed E-state index contributed by atoms with van der Waals surface area (Å²) in [6, 6.07) is 11.1. The molecule has 1 atom stereocenters. The van der Waals surface area contributed by atoms with E-state index in [-0.39, 0.29) is 11.9 Å². The van der Waals surface area contributed by atoms with Gasteiger partial charge >= 0.3 is 0 Å². The molecule has 20 heavy (non-hydrogen) atoms. The highest BCUT2D eigenvalue weighted by molar-refractivity contribution is 6.32. The number of halogens is 2. The Labute approximate surface area is 124 Å². The average Bonchev–Trinajstić information content (AvgIpc) is 2.42. The molecule has 0 heterocycles. The number of likely N-dealkylation sites (N-methyl/N-ethyl adjacent to an activating group) is 1. The SMILES string of the molecule is CNC(Cc1ccc(F)cc1C)c1cccc(C)c1Cl. The van der Waals surface area contributed by atoms with Crippen LogP contribution in [-0.4, -0.2) is 7.05 Å². The quantitative estimate of drug-likeness (QED) is 0.868. The van der Waals surface area contributed by atoms with Gasteiger partial charge < -0.3 is 5.32 Å². The van der Waals surface area contributed by atoms with Crippen molar-refractivity contribution in [1.82, 2.24) is 5.32 Å². The summed E-state index contributed by atoms with van der Waals surface area (Å²) >= 11 is 6.40. The van der Waals surface area contributed by atoms with Gasteiger partial charge in [0.05, 0.1) is 0 Å². The summed E-state index contributed by atoms with van der Waals surface area (Å²) in [5, 5.41) is 4.10. The van der Waals surface area contributed by atoms with Gasteiger partial charge in [-0.3, -0.25) is 0 Å². The molecule has 0 saturated heterocycles. The molecule has 0 radical (unpaired) electrons. The van der Waals surface area contributed by atoms with Gasteiger partial charge in [0.15, 0.2) is 0 Å². The van der Waals surface area contributed by atoms with E-state index in [0.717, 1.165) is 33.7 Å². The van der Waals surface area contributed by atoms with Crippen LogP contribution in [0.5, 0.6) is 0 Å². The van der Waals surface area contributed by atoms with E-state index in [1.54, 1.807) is 6.07 Å². The van der Waals surface area contributed by atoms with Crippen molar-refractivity contribution in [2.75, 3.05) is 7.05 Å². The van der Waals surface area contributed by atoms with E-state index in [9.17, 15) is 4.39 Å². The zero-order valence-electron chi connectivity index (χ0n) is 12.0. The molecular weight excluding hydrogens is 273 g/mol. The lowest BCUT2D eigenvalue weighted by atomic mass is 9.95.